The van der Waals surface area contributed by atoms with E-state index in [9.17, 15) is 9.90 Å². The maximum atomic E-state index is 11.8. The van der Waals surface area contributed by atoms with Gasteiger partial charge in [-0.2, -0.15) is 5.10 Å². The number of hydrogen-bond acceptors (Lipinski definition) is 4. The number of amides is 1. The Morgan fingerprint density at radius 3 is 2.90 bits per heavy atom. The molecule has 0 aliphatic carbocycles. The fraction of sp³-hybridized carbons (Fsp3) is 0. The Morgan fingerprint density at radius 1 is 1.40 bits per heavy atom. The van der Waals surface area contributed by atoms with Crippen LogP contribution in [0.15, 0.2) is 41.8 Å². The summed E-state index contributed by atoms with van der Waals surface area (Å²) < 4.78 is 0. The van der Waals surface area contributed by atoms with Crippen molar-refractivity contribution in [3.05, 3.63) is 57.8 Å². The normalized spacial score (nSPS) is 10.7. The average Bonchev–Trinajstić information content (AvgIpc) is 2.44. The molecule has 1 aromatic heterocycles. The highest BCUT2D eigenvalue weighted by atomic mass is 35.5. The average molecular weight is 310 g/mol. The minimum absolute atomic E-state index is 0.00103. The number of aromatic nitrogens is 1. The van der Waals surface area contributed by atoms with Gasteiger partial charge >= 0.3 is 0 Å². The van der Waals surface area contributed by atoms with Gasteiger partial charge in [0.05, 0.1) is 16.8 Å². The predicted molar refractivity (Wildman–Crippen MR) is 77.4 cm³/mol. The van der Waals surface area contributed by atoms with Crippen LogP contribution in [0.25, 0.3) is 0 Å². The van der Waals surface area contributed by atoms with Gasteiger partial charge in [-0.3, -0.25) is 9.78 Å². The lowest BCUT2D eigenvalue weighted by atomic mass is 10.2. The zero-order chi connectivity index (χ0) is 14.5. The van der Waals surface area contributed by atoms with E-state index in [0.717, 1.165) is 5.56 Å². The van der Waals surface area contributed by atoms with E-state index in [2.05, 4.69) is 15.5 Å². The molecule has 2 aromatic rings. The predicted octanol–water partition coefficient (Wildman–Crippen LogP) is 2.86. The van der Waals surface area contributed by atoms with Crippen LogP contribution in [0.4, 0.5) is 0 Å². The van der Waals surface area contributed by atoms with Crippen LogP contribution in [0.5, 0.6) is 5.75 Å². The van der Waals surface area contributed by atoms with E-state index in [0.29, 0.717) is 0 Å². The molecule has 0 atom stereocenters. The maximum absolute atomic E-state index is 11.8. The molecule has 5 nitrogen and oxygen atoms in total. The lowest BCUT2D eigenvalue weighted by Gasteiger charge is -2.05. The Morgan fingerprint density at radius 2 is 2.20 bits per heavy atom. The Kier molecular flexibility index (Phi) is 4.55. The molecule has 0 radical (unpaired) electrons. The molecule has 0 unspecified atom stereocenters. The summed E-state index contributed by atoms with van der Waals surface area (Å²) in [6.07, 6.45) is 4.64. The largest absolute Gasteiger partial charge is 0.506 e. The van der Waals surface area contributed by atoms with Crippen molar-refractivity contribution in [2.24, 2.45) is 5.10 Å². The number of nitrogens with one attached hydrogen (secondary N) is 1. The molecule has 0 saturated heterocycles. The lowest BCUT2D eigenvalue weighted by molar-refractivity contribution is 0.0952. The monoisotopic (exact) mass is 309 g/mol. The van der Waals surface area contributed by atoms with Gasteiger partial charge in [0.2, 0.25) is 0 Å². The molecule has 1 heterocycles. The zero-order valence-corrected chi connectivity index (χ0v) is 11.6. The molecule has 2 N–H and O–H groups in total. The van der Waals surface area contributed by atoms with Crippen LogP contribution in [0, 0.1) is 0 Å². The van der Waals surface area contributed by atoms with Crippen molar-refractivity contribution in [2.75, 3.05) is 0 Å². The number of nitrogens with zero attached hydrogens (tertiary/aromatic N) is 2. The molecule has 0 bridgehead atoms. The minimum Gasteiger partial charge on any atom is -0.506 e. The Balaban J connectivity index is 2.11. The van der Waals surface area contributed by atoms with Gasteiger partial charge in [-0.05, 0) is 18.2 Å². The molecule has 0 aliphatic heterocycles. The highest BCUT2D eigenvalue weighted by Crippen LogP contribution is 2.30. The smallest absolute Gasteiger partial charge is 0.275 e. The summed E-state index contributed by atoms with van der Waals surface area (Å²) in [5, 5.41) is 13.7. The van der Waals surface area contributed by atoms with Crippen molar-refractivity contribution in [1.29, 1.82) is 0 Å². The summed E-state index contributed by atoms with van der Waals surface area (Å²) in [5.74, 6) is -0.961. The van der Waals surface area contributed by atoms with Crippen LogP contribution in [0.1, 0.15) is 15.9 Å². The first-order chi connectivity index (χ1) is 9.58. The van der Waals surface area contributed by atoms with E-state index >= 15 is 0 Å². The Bertz CT molecular complexity index is 660. The third-order valence-corrected chi connectivity index (χ3v) is 2.84. The van der Waals surface area contributed by atoms with E-state index in [1.54, 1.807) is 24.5 Å². The van der Waals surface area contributed by atoms with Crippen molar-refractivity contribution in [3.8, 4) is 5.75 Å². The van der Waals surface area contributed by atoms with Crippen molar-refractivity contribution in [3.63, 3.8) is 0 Å². The number of rotatable bonds is 3. The van der Waals surface area contributed by atoms with Gasteiger partial charge in [-0.25, -0.2) is 5.43 Å². The highest BCUT2D eigenvalue weighted by Gasteiger charge is 2.14. The molecule has 20 heavy (non-hydrogen) atoms. The third kappa shape index (κ3) is 3.46. The lowest BCUT2D eigenvalue weighted by Crippen LogP contribution is -2.17. The highest BCUT2D eigenvalue weighted by molar-refractivity contribution is 6.36. The number of carbonyl (C=O) groups is 1. The molecule has 0 aliphatic rings. The second-order valence-corrected chi connectivity index (χ2v) is 4.61. The first kappa shape index (κ1) is 14.3. The van der Waals surface area contributed by atoms with Crippen LogP contribution >= 0.6 is 23.2 Å². The number of benzene rings is 1. The van der Waals surface area contributed by atoms with Gasteiger partial charge in [-0.1, -0.05) is 29.3 Å². The summed E-state index contributed by atoms with van der Waals surface area (Å²) in [7, 11) is 0. The van der Waals surface area contributed by atoms with Gasteiger partial charge < -0.3 is 5.11 Å². The van der Waals surface area contributed by atoms with Gasteiger partial charge in [0.25, 0.3) is 5.91 Å². The summed E-state index contributed by atoms with van der Waals surface area (Å²) in [5.41, 5.74) is 2.94. The van der Waals surface area contributed by atoms with Crippen molar-refractivity contribution >= 4 is 35.3 Å². The molecule has 102 valence electrons. The summed E-state index contributed by atoms with van der Waals surface area (Å²) >= 11 is 11.5. The van der Waals surface area contributed by atoms with Crippen LogP contribution in [-0.4, -0.2) is 22.2 Å². The standard InChI is InChI=1S/C13H9Cl2N3O2/c14-9-4-10(12(19)11(15)5-9)13(20)18-17-7-8-2-1-3-16-6-8/h1-7,19H,(H,18,20). The SMILES string of the molecule is O=C(NN=Cc1cccnc1)c1cc(Cl)cc(Cl)c1O. The second kappa shape index (κ2) is 6.36. The fourth-order valence-corrected chi connectivity index (χ4v) is 1.91. The maximum Gasteiger partial charge on any atom is 0.275 e. The third-order valence-electron chi connectivity index (χ3n) is 2.34. The first-order valence-corrected chi connectivity index (χ1v) is 6.25. The van der Waals surface area contributed by atoms with Gasteiger partial charge in [0, 0.05) is 23.0 Å². The molecule has 2 rings (SSSR count). The number of hydrazone groups is 1. The number of aromatic hydroxyl groups is 1. The quantitative estimate of drug-likeness (QED) is 0.676. The van der Waals surface area contributed by atoms with Crippen LogP contribution < -0.4 is 5.43 Å². The molecule has 0 fully saturated rings. The van der Waals surface area contributed by atoms with Crippen LogP contribution in [-0.2, 0) is 0 Å². The molecule has 0 spiro atoms. The minimum atomic E-state index is -0.618. The first-order valence-electron chi connectivity index (χ1n) is 5.49. The fourth-order valence-electron chi connectivity index (χ4n) is 1.42. The number of phenols is 1. The Labute approximate surface area is 124 Å². The van der Waals surface area contributed by atoms with Gasteiger partial charge in [-0.15, -0.1) is 0 Å². The molecule has 1 amide bonds. The van der Waals surface area contributed by atoms with E-state index in [-0.39, 0.29) is 21.4 Å². The van der Waals surface area contributed by atoms with Crippen LogP contribution in [0.2, 0.25) is 10.0 Å². The molecule has 0 saturated carbocycles. The van der Waals surface area contributed by atoms with E-state index < -0.39 is 5.91 Å². The number of halogens is 2. The van der Waals surface area contributed by atoms with E-state index in [1.807, 2.05) is 0 Å². The molecular weight excluding hydrogens is 301 g/mol. The second-order valence-electron chi connectivity index (χ2n) is 3.77. The van der Waals surface area contributed by atoms with Crippen molar-refractivity contribution < 1.29 is 9.90 Å². The number of carbonyl (C=O) groups excluding carboxylic acids is 1. The van der Waals surface area contributed by atoms with Crippen molar-refractivity contribution in [1.82, 2.24) is 10.4 Å². The molecular formula is C13H9Cl2N3O2. The molecule has 1 aromatic carbocycles. The summed E-state index contributed by atoms with van der Waals surface area (Å²) in [6, 6.07) is 6.16. The van der Waals surface area contributed by atoms with E-state index in [4.69, 9.17) is 23.2 Å². The van der Waals surface area contributed by atoms with Crippen molar-refractivity contribution in [2.45, 2.75) is 0 Å². The summed E-state index contributed by atoms with van der Waals surface area (Å²) in [6.45, 7) is 0. The number of pyridine rings is 1. The topological polar surface area (TPSA) is 74.6 Å². The summed E-state index contributed by atoms with van der Waals surface area (Å²) in [4.78, 5) is 15.7. The van der Waals surface area contributed by atoms with Gasteiger partial charge in [0.15, 0.2) is 0 Å². The van der Waals surface area contributed by atoms with Gasteiger partial charge in [0.1, 0.15) is 5.75 Å². The molecule has 7 heteroatoms. The number of hydrogen-bond donors (Lipinski definition) is 2. The zero-order valence-electron chi connectivity index (χ0n) is 10.0. The van der Waals surface area contributed by atoms with Crippen LogP contribution in [0.3, 0.4) is 0 Å². The Hall–Kier alpha value is -2.11. The number of phenolic OH excluding ortho intramolecular Hbond substituents is 1. The van der Waals surface area contributed by atoms with E-state index in [1.165, 1.54) is 18.3 Å².